The normalized spacial score (nSPS) is 11.5. The van der Waals surface area contributed by atoms with E-state index in [4.69, 9.17) is 10.2 Å². The summed E-state index contributed by atoms with van der Waals surface area (Å²) in [7, 11) is 0. The van der Waals surface area contributed by atoms with Gasteiger partial charge >= 0.3 is 0 Å². The highest BCUT2D eigenvalue weighted by Crippen LogP contribution is 2.13. The first kappa shape index (κ1) is 13.6. The van der Waals surface area contributed by atoms with Crippen molar-refractivity contribution < 1.29 is 15.1 Å². The van der Waals surface area contributed by atoms with Gasteiger partial charge < -0.3 is 15.5 Å². The molecule has 94 valence electrons. The molecule has 1 aromatic carbocycles. The van der Waals surface area contributed by atoms with E-state index in [2.05, 4.69) is 5.32 Å². The second-order valence-corrected chi connectivity index (χ2v) is 4.16. The highest BCUT2D eigenvalue weighted by atomic mass is 16.6. The van der Waals surface area contributed by atoms with Gasteiger partial charge in [-0.05, 0) is 12.5 Å². The fraction of sp³-hybridized carbons (Fsp3) is 0.455. The van der Waals surface area contributed by atoms with Crippen LogP contribution in [0.3, 0.4) is 0 Å². The highest BCUT2D eigenvalue weighted by Gasteiger charge is 2.21. The van der Waals surface area contributed by atoms with Crippen molar-refractivity contribution in [3.8, 4) is 0 Å². The molecule has 0 aliphatic carbocycles. The van der Waals surface area contributed by atoms with Crippen LogP contribution < -0.4 is 5.32 Å². The summed E-state index contributed by atoms with van der Waals surface area (Å²) in [5.41, 5.74) is -0.0312. The Labute approximate surface area is 99.0 Å². The lowest BCUT2D eigenvalue weighted by Gasteiger charge is -2.26. The van der Waals surface area contributed by atoms with Gasteiger partial charge in [0.1, 0.15) is 0 Å². The van der Waals surface area contributed by atoms with Gasteiger partial charge in [0.15, 0.2) is 0 Å². The third-order valence-corrected chi connectivity index (χ3v) is 2.54. The largest absolute Gasteiger partial charge is 0.394 e. The van der Waals surface area contributed by atoms with Crippen molar-refractivity contribution in [3.05, 3.63) is 39.9 Å². The van der Waals surface area contributed by atoms with E-state index in [1.165, 1.54) is 12.1 Å². The van der Waals surface area contributed by atoms with Crippen LogP contribution in [-0.2, 0) is 6.54 Å². The fourth-order valence-electron chi connectivity index (χ4n) is 1.26. The third-order valence-electron chi connectivity index (χ3n) is 2.54. The maximum absolute atomic E-state index is 10.6. The summed E-state index contributed by atoms with van der Waals surface area (Å²) in [5.74, 6) is 0. The molecule has 0 fully saturated rings. The second kappa shape index (κ2) is 5.72. The van der Waals surface area contributed by atoms with Gasteiger partial charge in [-0.2, -0.15) is 0 Å². The molecule has 0 bridgehead atoms. The molecule has 6 nitrogen and oxygen atoms in total. The number of hydrogen-bond donors (Lipinski definition) is 3. The molecule has 0 heterocycles. The van der Waals surface area contributed by atoms with Crippen molar-refractivity contribution in [2.45, 2.75) is 19.0 Å². The van der Waals surface area contributed by atoms with Crippen molar-refractivity contribution in [2.75, 3.05) is 13.2 Å². The summed E-state index contributed by atoms with van der Waals surface area (Å²) < 4.78 is 0. The third kappa shape index (κ3) is 3.77. The van der Waals surface area contributed by atoms with E-state index >= 15 is 0 Å². The Bertz CT molecular complexity index is 391. The topological polar surface area (TPSA) is 95.6 Å². The molecule has 6 heteroatoms. The number of aliphatic hydroxyl groups is 2. The molecular formula is C11H16N2O4. The van der Waals surface area contributed by atoms with Crippen LogP contribution in [-0.4, -0.2) is 33.9 Å². The number of rotatable bonds is 6. The minimum Gasteiger partial charge on any atom is -0.394 e. The molecule has 0 saturated carbocycles. The summed E-state index contributed by atoms with van der Waals surface area (Å²) in [6.07, 6.45) is 0. The SMILES string of the molecule is CC(CO)(CO)NCc1cccc([N+](=O)[O-])c1. The lowest BCUT2D eigenvalue weighted by molar-refractivity contribution is -0.384. The number of nitro groups is 1. The highest BCUT2D eigenvalue weighted by molar-refractivity contribution is 5.34. The van der Waals surface area contributed by atoms with Gasteiger partial charge in [0.25, 0.3) is 5.69 Å². The Hall–Kier alpha value is -1.50. The number of nitrogens with zero attached hydrogens (tertiary/aromatic N) is 1. The zero-order valence-electron chi connectivity index (χ0n) is 9.59. The van der Waals surface area contributed by atoms with Crippen molar-refractivity contribution in [1.29, 1.82) is 0 Å². The van der Waals surface area contributed by atoms with Crippen LogP contribution in [0.15, 0.2) is 24.3 Å². The van der Waals surface area contributed by atoms with Gasteiger partial charge in [-0.25, -0.2) is 0 Å². The predicted octanol–water partition coefficient (Wildman–Crippen LogP) is 0.428. The van der Waals surface area contributed by atoms with Gasteiger partial charge in [-0.3, -0.25) is 10.1 Å². The van der Waals surface area contributed by atoms with E-state index < -0.39 is 10.5 Å². The van der Waals surface area contributed by atoms with Gasteiger partial charge in [0, 0.05) is 18.7 Å². The van der Waals surface area contributed by atoms with Crippen LogP contribution in [0, 0.1) is 10.1 Å². The molecule has 0 spiro atoms. The molecule has 0 unspecified atom stereocenters. The van der Waals surface area contributed by atoms with E-state index in [0.717, 1.165) is 5.56 Å². The molecule has 1 rings (SSSR count). The van der Waals surface area contributed by atoms with Gasteiger partial charge in [-0.15, -0.1) is 0 Å². The zero-order chi connectivity index (χ0) is 12.9. The predicted molar refractivity (Wildman–Crippen MR) is 62.5 cm³/mol. The van der Waals surface area contributed by atoms with E-state index in [1.54, 1.807) is 19.1 Å². The zero-order valence-corrected chi connectivity index (χ0v) is 9.59. The first-order chi connectivity index (χ1) is 8.00. The van der Waals surface area contributed by atoms with Crippen LogP contribution in [0.5, 0.6) is 0 Å². The second-order valence-electron chi connectivity index (χ2n) is 4.16. The molecule has 0 aliphatic heterocycles. The van der Waals surface area contributed by atoms with Crippen LogP contribution in [0.1, 0.15) is 12.5 Å². The Balaban J connectivity index is 2.69. The molecule has 0 saturated heterocycles. The van der Waals surface area contributed by atoms with Crippen molar-refractivity contribution in [1.82, 2.24) is 5.32 Å². The van der Waals surface area contributed by atoms with Gasteiger partial charge in [0.05, 0.1) is 23.7 Å². The van der Waals surface area contributed by atoms with Gasteiger partial charge in [-0.1, -0.05) is 12.1 Å². The minimum atomic E-state index is -0.787. The molecule has 1 aromatic rings. The van der Waals surface area contributed by atoms with Crippen LogP contribution in [0.25, 0.3) is 0 Å². The molecule has 3 N–H and O–H groups in total. The monoisotopic (exact) mass is 240 g/mol. The maximum atomic E-state index is 10.6. The number of hydrogen-bond acceptors (Lipinski definition) is 5. The number of nitro benzene ring substituents is 1. The summed E-state index contributed by atoms with van der Waals surface area (Å²) in [6.45, 7) is 1.60. The quantitative estimate of drug-likeness (QED) is 0.495. The van der Waals surface area contributed by atoms with Crippen molar-refractivity contribution in [3.63, 3.8) is 0 Å². The van der Waals surface area contributed by atoms with E-state index in [1.807, 2.05) is 0 Å². The Kier molecular flexibility index (Phi) is 4.56. The van der Waals surface area contributed by atoms with Crippen LogP contribution in [0.2, 0.25) is 0 Å². The van der Waals surface area contributed by atoms with Crippen LogP contribution in [0.4, 0.5) is 5.69 Å². The average molecular weight is 240 g/mol. The van der Waals surface area contributed by atoms with Crippen LogP contribution >= 0.6 is 0 Å². The van der Waals surface area contributed by atoms with E-state index in [-0.39, 0.29) is 18.9 Å². The Morgan fingerprint density at radius 3 is 2.59 bits per heavy atom. The number of non-ortho nitro benzene ring substituents is 1. The Morgan fingerprint density at radius 1 is 1.41 bits per heavy atom. The van der Waals surface area contributed by atoms with Gasteiger partial charge in [0.2, 0.25) is 0 Å². The van der Waals surface area contributed by atoms with E-state index in [0.29, 0.717) is 6.54 Å². The Morgan fingerprint density at radius 2 is 2.06 bits per heavy atom. The minimum absolute atomic E-state index is 0.0269. The summed E-state index contributed by atoms with van der Waals surface area (Å²) in [6, 6.07) is 6.22. The summed E-state index contributed by atoms with van der Waals surface area (Å²) in [5, 5.41) is 31.7. The summed E-state index contributed by atoms with van der Waals surface area (Å²) >= 11 is 0. The number of nitrogens with one attached hydrogen (secondary N) is 1. The molecule has 0 atom stereocenters. The average Bonchev–Trinajstić information content (AvgIpc) is 2.36. The standard InChI is InChI=1S/C11H16N2O4/c1-11(7-14,8-15)12-6-9-3-2-4-10(5-9)13(16)17/h2-5,12,14-15H,6-8H2,1H3. The first-order valence-electron chi connectivity index (χ1n) is 5.21. The first-order valence-corrected chi connectivity index (χ1v) is 5.21. The molecule has 17 heavy (non-hydrogen) atoms. The molecule has 0 amide bonds. The molecule has 0 aliphatic rings. The summed E-state index contributed by atoms with van der Waals surface area (Å²) in [4.78, 5) is 10.1. The van der Waals surface area contributed by atoms with E-state index in [9.17, 15) is 10.1 Å². The fourth-order valence-corrected chi connectivity index (χ4v) is 1.26. The molecule has 0 aromatic heterocycles. The number of aliphatic hydroxyl groups excluding tert-OH is 2. The molecular weight excluding hydrogens is 224 g/mol. The lowest BCUT2D eigenvalue weighted by atomic mass is 10.0. The molecule has 0 radical (unpaired) electrons. The van der Waals surface area contributed by atoms with Crippen molar-refractivity contribution in [2.24, 2.45) is 0 Å². The van der Waals surface area contributed by atoms with Crippen molar-refractivity contribution >= 4 is 5.69 Å². The number of benzene rings is 1. The lowest BCUT2D eigenvalue weighted by Crippen LogP contribution is -2.48. The smallest absolute Gasteiger partial charge is 0.269 e. The maximum Gasteiger partial charge on any atom is 0.269 e.